The summed E-state index contributed by atoms with van der Waals surface area (Å²) in [4.78, 5) is 1.55. The Hall–Kier alpha value is -0.860. The van der Waals surface area contributed by atoms with Gasteiger partial charge in [0.25, 0.3) is 0 Å². The lowest BCUT2D eigenvalue weighted by Gasteiger charge is -2.10. The van der Waals surface area contributed by atoms with Gasteiger partial charge in [0.1, 0.15) is 0 Å². The van der Waals surface area contributed by atoms with E-state index >= 15 is 0 Å². The number of benzene rings is 1. The van der Waals surface area contributed by atoms with E-state index in [2.05, 4.69) is 45.1 Å². The minimum Gasteiger partial charge on any atom is -0.309 e. The van der Waals surface area contributed by atoms with Crippen LogP contribution in [-0.4, -0.2) is 6.04 Å². The molecule has 1 heterocycles. The van der Waals surface area contributed by atoms with Crippen LogP contribution >= 0.6 is 11.3 Å². The summed E-state index contributed by atoms with van der Waals surface area (Å²) in [6.45, 7) is 10.2. The van der Waals surface area contributed by atoms with Gasteiger partial charge in [-0.15, -0.1) is 11.3 Å². The van der Waals surface area contributed by atoms with Crippen LogP contribution in [0.4, 0.5) is 0 Å². The average molecular weight is 273 g/mol. The second kappa shape index (κ2) is 4.92. The molecule has 0 unspecified atom stereocenters. The topological polar surface area (TPSA) is 12.0 Å². The molecule has 0 radical (unpaired) electrons. The summed E-state index contributed by atoms with van der Waals surface area (Å²) in [6.07, 6.45) is 2.72. The zero-order chi connectivity index (χ0) is 13.6. The molecule has 1 aromatic carbocycles. The zero-order valence-corrected chi connectivity index (χ0v) is 13.2. The van der Waals surface area contributed by atoms with Crippen LogP contribution in [0, 0.1) is 13.8 Å². The molecule has 19 heavy (non-hydrogen) atoms. The normalized spacial score (nSPS) is 15.6. The summed E-state index contributed by atoms with van der Waals surface area (Å²) in [6, 6.07) is 5.32. The summed E-state index contributed by atoms with van der Waals surface area (Å²) < 4.78 is 1.50. The van der Waals surface area contributed by atoms with E-state index in [-0.39, 0.29) is 0 Å². The van der Waals surface area contributed by atoms with Crippen LogP contribution in [-0.2, 0) is 6.54 Å². The molecule has 2 heteroatoms. The standard InChI is InChI=1S/C17H23NS/c1-10(2)15-14(9-18-13-7-8-13)19-17-12(4)6-5-11(3)16(15)17/h5-6,10,13,18H,7-9H2,1-4H3. The highest BCUT2D eigenvalue weighted by molar-refractivity contribution is 7.19. The Labute approximate surface area is 120 Å². The van der Waals surface area contributed by atoms with Crippen molar-refractivity contribution in [3.63, 3.8) is 0 Å². The molecule has 1 aliphatic rings. The number of nitrogens with one attached hydrogen (secondary N) is 1. The summed E-state index contributed by atoms with van der Waals surface area (Å²) in [5.74, 6) is 0.602. The molecule has 0 amide bonds. The average Bonchev–Trinajstić information content (AvgIpc) is 3.10. The largest absolute Gasteiger partial charge is 0.309 e. The Morgan fingerprint density at radius 1 is 1.21 bits per heavy atom. The Bertz CT molecular complexity index is 605. The Balaban J connectivity index is 2.11. The van der Waals surface area contributed by atoms with Gasteiger partial charge in [0, 0.05) is 22.2 Å². The first-order chi connectivity index (χ1) is 9.08. The smallest absolute Gasteiger partial charge is 0.0381 e. The van der Waals surface area contributed by atoms with Gasteiger partial charge >= 0.3 is 0 Å². The predicted octanol–water partition coefficient (Wildman–Crippen LogP) is 4.89. The fourth-order valence-electron chi connectivity index (χ4n) is 2.84. The zero-order valence-electron chi connectivity index (χ0n) is 12.3. The van der Waals surface area contributed by atoms with Crippen molar-refractivity contribution in [1.29, 1.82) is 0 Å². The number of rotatable bonds is 4. The third-order valence-corrected chi connectivity index (χ3v) is 5.40. The van der Waals surface area contributed by atoms with Crippen molar-refractivity contribution in [1.82, 2.24) is 5.32 Å². The van der Waals surface area contributed by atoms with Gasteiger partial charge in [-0.05, 0) is 54.7 Å². The number of hydrogen-bond acceptors (Lipinski definition) is 2. The third kappa shape index (κ3) is 2.44. The van der Waals surface area contributed by atoms with Crippen molar-refractivity contribution in [2.24, 2.45) is 0 Å². The van der Waals surface area contributed by atoms with Crippen molar-refractivity contribution in [2.75, 3.05) is 0 Å². The maximum absolute atomic E-state index is 3.68. The van der Waals surface area contributed by atoms with Crippen molar-refractivity contribution in [3.8, 4) is 0 Å². The van der Waals surface area contributed by atoms with Crippen LogP contribution in [0.3, 0.4) is 0 Å². The van der Waals surface area contributed by atoms with Crippen LogP contribution in [0.2, 0.25) is 0 Å². The van der Waals surface area contributed by atoms with Gasteiger partial charge in [-0.2, -0.15) is 0 Å². The van der Waals surface area contributed by atoms with Crippen LogP contribution in [0.1, 0.15) is 54.2 Å². The molecular weight excluding hydrogens is 250 g/mol. The van der Waals surface area contributed by atoms with Crippen molar-refractivity contribution in [3.05, 3.63) is 33.7 Å². The first-order valence-electron chi connectivity index (χ1n) is 7.32. The molecule has 1 aromatic heterocycles. The van der Waals surface area contributed by atoms with E-state index in [1.165, 1.54) is 34.1 Å². The number of hydrogen-bond donors (Lipinski definition) is 1. The van der Waals surface area contributed by atoms with E-state index in [1.807, 2.05) is 11.3 Å². The fraction of sp³-hybridized carbons (Fsp3) is 0.529. The second-order valence-electron chi connectivity index (χ2n) is 6.15. The molecule has 1 fully saturated rings. The second-order valence-corrected chi connectivity index (χ2v) is 7.26. The van der Waals surface area contributed by atoms with Gasteiger partial charge in [0.05, 0.1) is 0 Å². The molecule has 1 saturated carbocycles. The molecule has 0 bridgehead atoms. The van der Waals surface area contributed by atoms with E-state index in [0.29, 0.717) is 5.92 Å². The van der Waals surface area contributed by atoms with Crippen LogP contribution < -0.4 is 5.32 Å². The highest BCUT2D eigenvalue weighted by Crippen LogP contribution is 2.39. The van der Waals surface area contributed by atoms with Gasteiger partial charge in [-0.1, -0.05) is 26.0 Å². The SMILES string of the molecule is Cc1ccc(C)c2c(C(C)C)c(CNC3CC3)sc12. The quantitative estimate of drug-likeness (QED) is 0.836. The lowest BCUT2D eigenvalue weighted by Crippen LogP contribution is -2.15. The van der Waals surface area contributed by atoms with E-state index in [0.717, 1.165) is 12.6 Å². The molecule has 0 saturated heterocycles. The van der Waals surface area contributed by atoms with Gasteiger partial charge in [0.2, 0.25) is 0 Å². The monoisotopic (exact) mass is 273 g/mol. The number of thiophene rings is 1. The highest BCUT2D eigenvalue weighted by Gasteiger charge is 2.23. The molecule has 1 aliphatic carbocycles. The van der Waals surface area contributed by atoms with E-state index in [4.69, 9.17) is 0 Å². The molecule has 1 nitrogen and oxygen atoms in total. The fourth-order valence-corrected chi connectivity index (χ4v) is 4.29. The molecule has 1 N–H and O–H groups in total. The molecule has 2 aromatic rings. The van der Waals surface area contributed by atoms with Gasteiger partial charge in [0.15, 0.2) is 0 Å². The molecule has 0 atom stereocenters. The van der Waals surface area contributed by atoms with Crippen LogP contribution in [0.15, 0.2) is 12.1 Å². The highest BCUT2D eigenvalue weighted by atomic mass is 32.1. The molecule has 102 valence electrons. The summed E-state index contributed by atoms with van der Waals surface area (Å²) >= 11 is 2.00. The number of fused-ring (bicyclic) bond motifs is 1. The predicted molar refractivity (Wildman–Crippen MR) is 85.2 cm³/mol. The summed E-state index contributed by atoms with van der Waals surface area (Å²) in [7, 11) is 0. The molecule has 0 aliphatic heterocycles. The Kier molecular flexibility index (Phi) is 3.40. The first-order valence-corrected chi connectivity index (χ1v) is 8.14. The van der Waals surface area contributed by atoms with Crippen molar-refractivity contribution >= 4 is 21.4 Å². The van der Waals surface area contributed by atoms with Gasteiger partial charge in [-0.3, -0.25) is 0 Å². The van der Waals surface area contributed by atoms with E-state index < -0.39 is 0 Å². The first kappa shape index (κ1) is 13.1. The maximum atomic E-state index is 3.68. The lowest BCUT2D eigenvalue weighted by atomic mass is 9.95. The Morgan fingerprint density at radius 3 is 2.53 bits per heavy atom. The molecule has 3 rings (SSSR count). The van der Waals surface area contributed by atoms with Crippen molar-refractivity contribution in [2.45, 2.75) is 59.0 Å². The molecular formula is C17H23NS. The summed E-state index contributed by atoms with van der Waals surface area (Å²) in [5.41, 5.74) is 4.43. The molecule has 0 spiro atoms. The van der Waals surface area contributed by atoms with Crippen LogP contribution in [0.5, 0.6) is 0 Å². The third-order valence-electron chi connectivity index (χ3n) is 4.06. The number of aryl methyl sites for hydroxylation is 2. The van der Waals surface area contributed by atoms with Gasteiger partial charge < -0.3 is 5.32 Å². The van der Waals surface area contributed by atoms with E-state index in [1.54, 1.807) is 10.4 Å². The Morgan fingerprint density at radius 2 is 1.89 bits per heavy atom. The lowest BCUT2D eigenvalue weighted by molar-refractivity contribution is 0.686. The van der Waals surface area contributed by atoms with Gasteiger partial charge in [-0.25, -0.2) is 0 Å². The van der Waals surface area contributed by atoms with Crippen molar-refractivity contribution < 1.29 is 0 Å². The minimum absolute atomic E-state index is 0.602. The maximum Gasteiger partial charge on any atom is 0.0381 e. The summed E-state index contributed by atoms with van der Waals surface area (Å²) in [5, 5.41) is 5.20. The van der Waals surface area contributed by atoms with Crippen LogP contribution in [0.25, 0.3) is 10.1 Å². The van der Waals surface area contributed by atoms with E-state index in [9.17, 15) is 0 Å². The minimum atomic E-state index is 0.602.